The summed E-state index contributed by atoms with van der Waals surface area (Å²) >= 11 is 9.28. The van der Waals surface area contributed by atoms with Crippen molar-refractivity contribution >= 4 is 33.4 Å². The Labute approximate surface area is 189 Å². The van der Waals surface area contributed by atoms with Gasteiger partial charge in [0.1, 0.15) is 0 Å². The van der Waals surface area contributed by atoms with Crippen molar-refractivity contribution in [1.29, 1.82) is 0 Å². The highest BCUT2D eigenvalue weighted by atomic mass is 79.9. The Hall–Kier alpha value is -1.87. The van der Waals surface area contributed by atoms with Gasteiger partial charge in [0.25, 0.3) is 5.91 Å². The number of nitrogens with one attached hydrogen (secondary N) is 1. The van der Waals surface area contributed by atoms with Gasteiger partial charge in [-0.1, -0.05) is 37.1 Å². The molecule has 0 aliphatic heterocycles. The van der Waals surface area contributed by atoms with Crippen LogP contribution in [0.25, 0.3) is 0 Å². The van der Waals surface area contributed by atoms with Gasteiger partial charge in [-0.2, -0.15) is 0 Å². The minimum Gasteiger partial charge on any atom is -0.487 e. The van der Waals surface area contributed by atoms with Gasteiger partial charge in [0.15, 0.2) is 17.7 Å². The van der Waals surface area contributed by atoms with Crippen LogP contribution >= 0.6 is 27.5 Å². The SMILES string of the molecule is CCCCOc1c(C(=O)NCc2cccc(Cl)c2)n(CC(OC)OC)cc(Br)c1=O. The van der Waals surface area contributed by atoms with Gasteiger partial charge in [0, 0.05) is 32.0 Å². The van der Waals surface area contributed by atoms with Gasteiger partial charge < -0.3 is 24.1 Å². The zero-order valence-corrected chi connectivity index (χ0v) is 19.6. The molecule has 9 heteroatoms. The monoisotopic (exact) mass is 500 g/mol. The molecule has 30 heavy (non-hydrogen) atoms. The average Bonchev–Trinajstić information content (AvgIpc) is 2.73. The van der Waals surface area contributed by atoms with Crippen molar-refractivity contribution in [3.8, 4) is 5.75 Å². The van der Waals surface area contributed by atoms with Crippen molar-refractivity contribution in [2.45, 2.75) is 39.1 Å². The number of ether oxygens (including phenoxy) is 3. The summed E-state index contributed by atoms with van der Waals surface area (Å²) in [4.78, 5) is 25.9. The number of aromatic nitrogens is 1. The maximum absolute atomic E-state index is 13.1. The molecule has 0 aliphatic carbocycles. The Bertz CT molecular complexity index is 915. The van der Waals surface area contributed by atoms with E-state index in [-0.39, 0.29) is 34.4 Å². The van der Waals surface area contributed by atoms with Crippen LogP contribution in [0.3, 0.4) is 0 Å². The summed E-state index contributed by atoms with van der Waals surface area (Å²) in [5.74, 6) is -0.454. The van der Waals surface area contributed by atoms with E-state index >= 15 is 0 Å². The van der Waals surface area contributed by atoms with E-state index in [0.29, 0.717) is 11.6 Å². The molecule has 0 fully saturated rings. The zero-order chi connectivity index (χ0) is 22.1. The number of benzene rings is 1. The fourth-order valence-corrected chi connectivity index (χ4v) is 3.40. The first kappa shape index (κ1) is 24.4. The summed E-state index contributed by atoms with van der Waals surface area (Å²) in [7, 11) is 3.01. The molecule has 0 saturated carbocycles. The number of carbonyl (C=O) groups is 1. The van der Waals surface area contributed by atoms with Crippen LogP contribution in [0.5, 0.6) is 5.75 Å². The molecule has 0 atom stereocenters. The Morgan fingerprint density at radius 2 is 2.03 bits per heavy atom. The smallest absolute Gasteiger partial charge is 0.272 e. The molecule has 2 aromatic rings. The molecule has 0 saturated heterocycles. The summed E-state index contributed by atoms with van der Waals surface area (Å²) in [6.45, 7) is 2.78. The number of unbranched alkanes of at least 4 members (excludes halogenated alkanes) is 1. The van der Waals surface area contributed by atoms with Crippen molar-refractivity contribution in [2.75, 3.05) is 20.8 Å². The Kier molecular flexibility index (Phi) is 9.84. The van der Waals surface area contributed by atoms with E-state index in [4.69, 9.17) is 25.8 Å². The van der Waals surface area contributed by atoms with Crippen LogP contribution in [-0.2, 0) is 22.6 Å². The molecule has 0 bridgehead atoms. The first-order valence-corrected chi connectivity index (χ1v) is 10.7. The molecule has 0 unspecified atom stereocenters. The molecule has 164 valence electrons. The van der Waals surface area contributed by atoms with Crippen LogP contribution in [0.4, 0.5) is 0 Å². The van der Waals surface area contributed by atoms with E-state index in [2.05, 4.69) is 21.2 Å². The standard InChI is InChI=1S/C21H26BrClN2O5/c1-4-5-9-30-20-18(21(27)24-11-14-7-6-8-15(23)10-14)25(12-16(22)19(20)26)13-17(28-2)29-3/h6-8,10,12,17H,4-5,9,11,13H2,1-3H3,(H,24,27). The molecule has 7 nitrogen and oxygen atoms in total. The molecule has 1 amide bonds. The maximum Gasteiger partial charge on any atom is 0.272 e. The van der Waals surface area contributed by atoms with Crippen molar-refractivity contribution in [3.05, 3.63) is 61.4 Å². The lowest BCUT2D eigenvalue weighted by atomic mass is 10.2. The first-order valence-electron chi connectivity index (χ1n) is 9.55. The van der Waals surface area contributed by atoms with Crippen LogP contribution in [-0.4, -0.2) is 37.6 Å². The number of halogens is 2. The van der Waals surface area contributed by atoms with Gasteiger partial charge in [0.2, 0.25) is 5.43 Å². The molecule has 0 radical (unpaired) electrons. The van der Waals surface area contributed by atoms with Gasteiger partial charge in [0.05, 0.1) is 17.6 Å². The predicted molar refractivity (Wildman–Crippen MR) is 119 cm³/mol. The summed E-state index contributed by atoms with van der Waals surface area (Å²) < 4.78 is 18.2. The van der Waals surface area contributed by atoms with Crippen LogP contribution in [0.15, 0.2) is 39.7 Å². The lowest BCUT2D eigenvalue weighted by Crippen LogP contribution is -2.32. The molecular formula is C21H26BrClN2O5. The number of hydrogen-bond donors (Lipinski definition) is 1. The van der Waals surface area contributed by atoms with E-state index in [9.17, 15) is 9.59 Å². The normalized spacial score (nSPS) is 11.0. The lowest BCUT2D eigenvalue weighted by Gasteiger charge is -2.21. The van der Waals surface area contributed by atoms with Crippen molar-refractivity contribution in [2.24, 2.45) is 0 Å². The third kappa shape index (κ3) is 6.57. The molecule has 1 N–H and O–H groups in total. The fraction of sp³-hybridized carbons (Fsp3) is 0.429. The van der Waals surface area contributed by atoms with E-state index in [1.54, 1.807) is 22.8 Å². The Balaban J connectivity index is 2.41. The maximum atomic E-state index is 13.1. The largest absolute Gasteiger partial charge is 0.487 e. The third-order valence-electron chi connectivity index (χ3n) is 4.37. The Morgan fingerprint density at radius 1 is 1.30 bits per heavy atom. The zero-order valence-electron chi connectivity index (χ0n) is 17.2. The van der Waals surface area contributed by atoms with Gasteiger partial charge in [-0.25, -0.2) is 0 Å². The summed E-state index contributed by atoms with van der Waals surface area (Å²) in [6, 6.07) is 7.18. The van der Waals surface area contributed by atoms with Crippen LogP contribution in [0.2, 0.25) is 5.02 Å². The molecular weight excluding hydrogens is 476 g/mol. The molecule has 1 heterocycles. The van der Waals surface area contributed by atoms with Gasteiger partial charge in [-0.15, -0.1) is 0 Å². The molecule has 0 spiro atoms. The van der Waals surface area contributed by atoms with Crippen LogP contribution < -0.4 is 15.5 Å². The van der Waals surface area contributed by atoms with E-state index in [1.807, 2.05) is 13.0 Å². The van der Waals surface area contributed by atoms with E-state index < -0.39 is 12.2 Å². The summed E-state index contributed by atoms with van der Waals surface area (Å²) in [5, 5.41) is 3.41. The minimum atomic E-state index is -0.609. The second-order valence-corrected chi connectivity index (χ2v) is 7.84. The second kappa shape index (κ2) is 12.1. The number of nitrogens with zero attached hydrogens (tertiary/aromatic N) is 1. The highest BCUT2D eigenvalue weighted by molar-refractivity contribution is 9.10. The number of amides is 1. The number of carbonyl (C=O) groups excluding carboxylic acids is 1. The minimum absolute atomic E-state index is 0.00706. The second-order valence-electron chi connectivity index (χ2n) is 6.55. The fourth-order valence-electron chi connectivity index (χ4n) is 2.76. The van der Waals surface area contributed by atoms with E-state index in [0.717, 1.165) is 18.4 Å². The number of pyridine rings is 1. The highest BCUT2D eigenvalue weighted by Gasteiger charge is 2.24. The van der Waals surface area contributed by atoms with Gasteiger partial charge in [-0.05, 0) is 40.0 Å². The lowest BCUT2D eigenvalue weighted by molar-refractivity contribution is -0.111. The highest BCUT2D eigenvalue weighted by Crippen LogP contribution is 2.20. The predicted octanol–water partition coefficient (Wildman–Crippen LogP) is 3.99. The van der Waals surface area contributed by atoms with Crippen molar-refractivity contribution < 1.29 is 19.0 Å². The molecule has 1 aromatic heterocycles. The quantitative estimate of drug-likeness (QED) is 0.372. The number of hydrogen-bond acceptors (Lipinski definition) is 5. The van der Waals surface area contributed by atoms with Crippen molar-refractivity contribution in [1.82, 2.24) is 9.88 Å². The van der Waals surface area contributed by atoms with Crippen LogP contribution in [0, 0.1) is 0 Å². The first-order chi connectivity index (χ1) is 14.4. The van der Waals surface area contributed by atoms with Crippen LogP contribution in [0.1, 0.15) is 35.8 Å². The van der Waals surface area contributed by atoms with Gasteiger partial charge >= 0.3 is 0 Å². The summed E-state index contributed by atoms with van der Waals surface area (Å²) in [6.07, 6.45) is 2.58. The number of rotatable bonds is 11. The Morgan fingerprint density at radius 3 is 2.67 bits per heavy atom. The third-order valence-corrected chi connectivity index (χ3v) is 5.17. The molecule has 0 aliphatic rings. The van der Waals surface area contributed by atoms with Crippen molar-refractivity contribution in [3.63, 3.8) is 0 Å². The topological polar surface area (TPSA) is 78.8 Å². The molecule has 1 aromatic carbocycles. The molecule has 2 rings (SSSR count). The number of methoxy groups -OCH3 is 2. The van der Waals surface area contributed by atoms with E-state index in [1.165, 1.54) is 20.4 Å². The average molecular weight is 502 g/mol. The van der Waals surface area contributed by atoms with Gasteiger partial charge in [-0.3, -0.25) is 9.59 Å². The summed E-state index contributed by atoms with van der Waals surface area (Å²) in [5.41, 5.74) is 0.559.